The van der Waals surface area contributed by atoms with Crippen molar-refractivity contribution in [2.24, 2.45) is 0 Å². The molecule has 0 fully saturated rings. The van der Waals surface area contributed by atoms with Gasteiger partial charge >= 0.3 is 5.97 Å². The van der Waals surface area contributed by atoms with Gasteiger partial charge in [0.25, 0.3) is 0 Å². The highest BCUT2D eigenvalue weighted by molar-refractivity contribution is 6.37. The second-order valence-electron chi connectivity index (χ2n) is 9.67. The topological polar surface area (TPSA) is 73.6 Å². The summed E-state index contributed by atoms with van der Waals surface area (Å²) >= 11 is 13.0. The Labute approximate surface area is 239 Å². The predicted octanol–water partition coefficient (Wildman–Crippen LogP) is 8.73. The lowest BCUT2D eigenvalue weighted by atomic mass is 9.98. The Balaban J connectivity index is 1.60. The molecule has 0 saturated heterocycles. The van der Waals surface area contributed by atoms with Gasteiger partial charge in [0.1, 0.15) is 29.4 Å². The number of unbranched alkanes of at least 4 members (excludes halogenated alkanes) is 1. The molecule has 4 aromatic rings. The number of hydrogen-bond acceptors (Lipinski definition) is 4. The van der Waals surface area contributed by atoms with Gasteiger partial charge in [0.05, 0.1) is 28.5 Å². The molecule has 204 valence electrons. The number of aromatic nitrogens is 2. The number of carbonyl (C=O) groups is 1. The fourth-order valence-electron chi connectivity index (χ4n) is 4.41. The number of nitrogens with zero attached hydrogens (tertiary/aromatic N) is 2. The summed E-state index contributed by atoms with van der Waals surface area (Å²) in [6.45, 7) is 9.02. The van der Waals surface area contributed by atoms with E-state index in [1.165, 1.54) is 0 Å². The first-order valence-electron chi connectivity index (χ1n) is 13.0. The van der Waals surface area contributed by atoms with Crippen LogP contribution in [-0.2, 0) is 6.61 Å². The maximum Gasteiger partial charge on any atom is 0.339 e. The number of ether oxygens (including phenoxy) is 2. The molecule has 6 nitrogen and oxygen atoms in total. The molecule has 0 aliphatic heterocycles. The van der Waals surface area contributed by atoms with Crippen LogP contribution in [0.15, 0.2) is 60.8 Å². The number of aromatic carboxylic acids is 1. The molecular formula is C31H32Cl2N2O4. The Kier molecular flexibility index (Phi) is 9.20. The second kappa shape index (κ2) is 12.6. The molecule has 1 heterocycles. The molecule has 1 N–H and O–H groups in total. The summed E-state index contributed by atoms with van der Waals surface area (Å²) in [5.74, 6) is 0.295. The van der Waals surface area contributed by atoms with Crippen molar-refractivity contribution in [3.8, 4) is 28.3 Å². The van der Waals surface area contributed by atoms with Crippen LogP contribution in [0.4, 0.5) is 0 Å². The van der Waals surface area contributed by atoms with Gasteiger partial charge in [-0.2, -0.15) is 5.10 Å². The van der Waals surface area contributed by atoms with Crippen molar-refractivity contribution in [1.82, 2.24) is 9.78 Å². The van der Waals surface area contributed by atoms with E-state index in [1.54, 1.807) is 41.1 Å². The molecule has 0 amide bonds. The van der Waals surface area contributed by atoms with Gasteiger partial charge in [-0.15, -0.1) is 0 Å². The van der Waals surface area contributed by atoms with E-state index in [-0.39, 0.29) is 18.1 Å². The van der Waals surface area contributed by atoms with Gasteiger partial charge in [-0.25, -0.2) is 9.48 Å². The molecule has 8 heteroatoms. The highest BCUT2D eigenvalue weighted by Gasteiger charge is 2.20. The standard InChI is InChI=1S/C31H32Cl2N2O4/c1-5-6-14-38-29-16-21(10-12-24(29)31(36)37)23-13-11-22(15-20(23)4)39-18-28-25(19(2)3)17-34-35(28)30-26(32)8-7-9-27(30)33/h7-13,15-17,19H,5-6,14,18H2,1-4H3,(H,36,37). The summed E-state index contributed by atoms with van der Waals surface area (Å²) in [4.78, 5) is 11.7. The van der Waals surface area contributed by atoms with Crippen molar-refractivity contribution in [2.45, 2.75) is 53.1 Å². The van der Waals surface area contributed by atoms with Crippen molar-refractivity contribution in [3.05, 3.63) is 93.2 Å². The smallest absolute Gasteiger partial charge is 0.339 e. The van der Waals surface area contributed by atoms with Crippen molar-refractivity contribution in [2.75, 3.05) is 6.61 Å². The van der Waals surface area contributed by atoms with Crippen LogP contribution < -0.4 is 9.47 Å². The van der Waals surface area contributed by atoms with Gasteiger partial charge in [-0.3, -0.25) is 0 Å². The number of carboxylic acid groups (broad SMARTS) is 1. The third kappa shape index (κ3) is 6.40. The van der Waals surface area contributed by atoms with Crippen LogP contribution in [0.3, 0.4) is 0 Å². The summed E-state index contributed by atoms with van der Waals surface area (Å²) in [5.41, 5.74) is 5.54. The van der Waals surface area contributed by atoms with Crippen LogP contribution >= 0.6 is 23.2 Å². The monoisotopic (exact) mass is 566 g/mol. The Hall–Kier alpha value is -3.48. The van der Waals surface area contributed by atoms with Crippen LogP contribution in [-0.4, -0.2) is 27.5 Å². The zero-order valence-corrected chi connectivity index (χ0v) is 24.0. The van der Waals surface area contributed by atoms with E-state index in [0.29, 0.717) is 33.8 Å². The van der Waals surface area contributed by atoms with E-state index in [0.717, 1.165) is 40.8 Å². The first-order chi connectivity index (χ1) is 18.7. The summed E-state index contributed by atoms with van der Waals surface area (Å²) in [5, 5.41) is 15.2. The Morgan fingerprint density at radius 3 is 2.44 bits per heavy atom. The Morgan fingerprint density at radius 2 is 1.79 bits per heavy atom. The van der Waals surface area contributed by atoms with Crippen molar-refractivity contribution < 1.29 is 19.4 Å². The SMILES string of the molecule is CCCCOc1cc(-c2ccc(OCc3c(C(C)C)cnn3-c3c(Cl)cccc3Cl)cc2C)ccc1C(=O)O. The van der Waals surface area contributed by atoms with Crippen molar-refractivity contribution in [3.63, 3.8) is 0 Å². The fourth-order valence-corrected chi connectivity index (χ4v) is 4.97. The molecule has 3 aromatic carbocycles. The van der Waals surface area contributed by atoms with E-state index in [9.17, 15) is 9.90 Å². The largest absolute Gasteiger partial charge is 0.493 e. The van der Waals surface area contributed by atoms with Crippen molar-refractivity contribution in [1.29, 1.82) is 0 Å². The summed E-state index contributed by atoms with van der Waals surface area (Å²) in [7, 11) is 0. The lowest BCUT2D eigenvalue weighted by Gasteiger charge is -2.16. The highest BCUT2D eigenvalue weighted by Crippen LogP contribution is 2.34. The maximum absolute atomic E-state index is 11.7. The quantitative estimate of drug-likeness (QED) is 0.184. The average Bonchev–Trinajstić information content (AvgIpc) is 3.31. The van der Waals surface area contributed by atoms with E-state index < -0.39 is 5.97 Å². The Morgan fingerprint density at radius 1 is 1.05 bits per heavy atom. The number of carboxylic acids is 1. The molecule has 1 aromatic heterocycles. The maximum atomic E-state index is 11.7. The van der Waals surface area contributed by atoms with E-state index in [1.807, 2.05) is 31.3 Å². The zero-order chi connectivity index (χ0) is 28.1. The minimum absolute atomic E-state index is 0.156. The fraction of sp³-hybridized carbons (Fsp3) is 0.290. The number of benzene rings is 3. The molecular weight excluding hydrogens is 535 g/mol. The Bertz CT molecular complexity index is 1460. The number of halogens is 2. The lowest BCUT2D eigenvalue weighted by molar-refractivity contribution is 0.0692. The third-order valence-electron chi connectivity index (χ3n) is 6.52. The molecule has 0 unspecified atom stereocenters. The van der Waals surface area contributed by atoms with E-state index >= 15 is 0 Å². The van der Waals surface area contributed by atoms with Crippen molar-refractivity contribution >= 4 is 29.2 Å². The van der Waals surface area contributed by atoms with Gasteiger partial charge < -0.3 is 14.6 Å². The normalized spacial score (nSPS) is 11.2. The highest BCUT2D eigenvalue weighted by atomic mass is 35.5. The molecule has 4 rings (SSSR count). The molecule has 0 aliphatic carbocycles. The van der Waals surface area contributed by atoms with Gasteiger partial charge in [-0.05, 0) is 77.9 Å². The molecule has 0 bridgehead atoms. The van der Waals surface area contributed by atoms with E-state index in [4.69, 9.17) is 32.7 Å². The third-order valence-corrected chi connectivity index (χ3v) is 7.13. The lowest BCUT2D eigenvalue weighted by Crippen LogP contribution is -2.09. The summed E-state index contributed by atoms with van der Waals surface area (Å²) in [6, 6.07) is 16.4. The van der Waals surface area contributed by atoms with Crippen LogP contribution in [0.5, 0.6) is 11.5 Å². The van der Waals surface area contributed by atoms with Crippen LogP contribution in [0.1, 0.15) is 66.7 Å². The summed E-state index contributed by atoms with van der Waals surface area (Å²) < 4.78 is 13.8. The molecule has 0 atom stereocenters. The number of hydrogen-bond donors (Lipinski definition) is 1. The number of para-hydroxylation sites is 1. The number of rotatable bonds is 11. The zero-order valence-electron chi connectivity index (χ0n) is 22.5. The first-order valence-corrected chi connectivity index (χ1v) is 13.7. The van der Waals surface area contributed by atoms with Gasteiger partial charge in [0.15, 0.2) is 0 Å². The average molecular weight is 568 g/mol. The molecule has 0 spiro atoms. The molecule has 0 radical (unpaired) electrons. The number of aryl methyl sites for hydroxylation is 1. The van der Waals surface area contributed by atoms with Crippen LogP contribution in [0.2, 0.25) is 10.0 Å². The molecule has 39 heavy (non-hydrogen) atoms. The summed E-state index contributed by atoms with van der Waals surface area (Å²) in [6.07, 6.45) is 3.65. The van der Waals surface area contributed by atoms with Gasteiger partial charge in [0, 0.05) is 0 Å². The molecule has 0 aliphatic rings. The second-order valence-corrected chi connectivity index (χ2v) is 10.5. The van der Waals surface area contributed by atoms with Gasteiger partial charge in [0.2, 0.25) is 0 Å². The predicted molar refractivity (Wildman–Crippen MR) is 156 cm³/mol. The molecule has 0 saturated carbocycles. The van der Waals surface area contributed by atoms with E-state index in [2.05, 4.69) is 25.9 Å². The van der Waals surface area contributed by atoms with Gasteiger partial charge in [-0.1, -0.05) is 68.6 Å². The van der Waals surface area contributed by atoms with Crippen LogP contribution in [0, 0.1) is 6.92 Å². The first kappa shape index (κ1) is 28.5. The minimum Gasteiger partial charge on any atom is -0.493 e. The van der Waals surface area contributed by atoms with Crippen LogP contribution in [0.25, 0.3) is 16.8 Å². The minimum atomic E-state index is -1.01.